The SMILES string of the molecule is CCOCCCNC(=NCC(=O)N(C)C)NCCc1ccco1. The molecule has 1 aromatic rings. The van der Waals surface area contributed by atoms with E-state index in [0.717, 1.165) is 31.8 Å². The first-order valence-corrected chi connectivity index (χ1v) is 7.96. The summed E-state index contributed by atoms with van der Waals surface area (Å²) >= 11 is 0. The Bertz CT molecular complexity index is 458. The van der Waals surface area contributed by atoms with Crippen LogP contribution in [0.25, 0.3) is 0 Å². The molecule has 130 valence electrons. The first kappa shape index (κ1) is 19.0. The molecule has 0 bridgehead atoms. The summed E-state index contributed by atoms with van der Waals surface area (Å²) in [6.07, 6.45) is 3.30. The predicted octanol–water partition coefficient (Wildman–Crippen LogP) is 0.872. The molecule has 0 aliphatic heterocycles. The van der Waals surface area contributed by atoms with E-state index in [2.05, 4.69) is 15.6 Å². The molecular weight excluding hydrogens is 296 g/mol. The van der Waals surface area contributed by atoms with Crippen LogP contribution in [0.2, 0.25) is 0 Å². The number of guanidine groups is 1. The number of carbonyl (C=O) groups is 1. The fraction of sp³-hybridized carbons (Fsp3) is 0.625. The maximum atomic E-state index is 11.7. The van der Waals surface area contributed by atoms with Crippen LogP contribution >= 0.6 is 0 Å². The van der Waals surface area contributed by atoms with Crippen molar-refractivity contribution in [3.8, 4) is 0 Å². The smallest absolute Gasteiger partial charge is 0.243 e. The van der Waals surface area contributed by atoms with Crippen LogP contribution in [0, 0.1) is 0 Å². The Morgan fingerprint density at radius 1 is 1.35 bits per heavy atom. The summed E-state index contributed by atoms with van der Waals surface area (Å²) < 4.78 is 10.6. The summed E-state index contributed by atoms with van der Waals surface area (Å²) in [5.41, 5.74) is 0. The van der Waals surface area contributed by atoms with Gasteiger partial charge >= 0.3 is 0 Å². The molecule has 1 aromatic heterocycles. The van der Waals surface area contributed by atoms with Gasteiger partial charge < -0.3 is 24.7 Å². The lowest BCUT2D eigenvalue weighted by Gasteiger charge is -2.13. The number of ether oxygens (including phenoxy) is 1. The second-order valence-electron chi connectivity index (χ2n) is 5.19. The monoisotopic (exact) mass is 324 g/mol. The highest BCUT2D eigenvalue weighted by Crippen LogP contribution is 1.99. The van der Waals surface area contributed by atoms with E-state index >= 15 is 0 Å². The topological polar surface area (TPSA) is 79.1 Å². The van der Waals surface area contributed by atoms with Crippen LogP contribution < -0.4 is 10.6 Å². The molecule has 1 heterocycles. The van der Waals surface area contributed by atoms with E-state index in [1.54, 1.807) is 20.4 Å². The number of hydrogen-bond donors (Lipinski definition) is 2. The van der Waals surface area contributed by atoms with Crippen LogP contribution in [0.4, 0.5) is 0 Å². The second kappa shape index (κ2) is 11.5. The van der Waals surface area contributed by atoms with Crippen molar-refractivity contribution < 1.29 is 13.9 Å². The summed E-state index contributed by atoms with van der Waals surface area (Å²) in [6, 6.07) is 3.80. The number of likely N-dealkylation sites (N-methyl/N-ethyl adjacent to an activating group) is 1. The Labute approximate surface area is 138 Å². The zero-order chi connectivity index (χ0) is 16.9. The largest absolute Gasteiger partial charge is 0.469 e. The lowest BCUT2D eigenvalue weighted by molar-refractivity contribution is -0.127. The molecule has 7 heteroatoms. The van der Waals surface area contributed by atoms with E-state index in [-0.39, 0.29) is 12.5 Å². The Hall–Kier alpha value is -2.02. The number of hydrogen-bond acceptors (Lipinski definition) is 4. The van der Waals surface area contributed by atoms with Crippen LogP contribution in [0.5, 0.6) is 0 Å². The molecule has 1 amide bonds. The molecule has 23 heavy (non-hydrogen) atoms. The third-order valence-corrected chi connectivity index (χ3v) is 3.08. The Morgan fingerprint density at radius 2 is 2.13 bits per heavy atom. The van der Waals surface area contributed by atoms with Gasteiger partial charge in [-0.2, -0.15) is 0 Å². The lowest BCUT2D eigenvalue weighted by atomic mass is 10.3. The molecule has 1 rings (SSSR count). The molecule has 0 saturated carbocycles. The molecule has 0 atom stereocenters. The first-order valence-electron chi connectivity index (χ1n) is 7.96. The number of rotatable bonds is 10. The van der Waals surface area contributed by atoms with E-state index in [4.69, 9.17) is 9.15 Å². The zero-order valence-corrected chi connectivity index (χ0v) is 14.3. The van der Waals surface area contributed by atoms with Gasteiger partial charge in [0.05, 0.1) is 6.26 Å². The van der Waals surface area contributed by atoms with Gasteiger partial charge in [-0.1, -0.05) is 0 Å². The van der Waals surface area contributed by atoms with Crippen molar-refractivity contribution in [2.45, 2.75) is 19.8 Å². The van der Waals surface area contributed by atoms with Crippen LogP contribution in [0.15, 0.2) is 27.8 Å². The quantitative estimate of drug-likeness (QED) is 0.379. The Balaban J connectivity index is 2.39. The van der Waals surface area contributed by atoms with Crippen molar-refractivity contribution in [2.24, 2.45) is 4.99 Å². The van der Waals surface area contributed by atoms with Crippen molar-refractivity contribution in [2.75, 3.05) is 46.9 Å². The molecule has 0 unspecified atom stereocenters. The van der Waals surface area contributed by atoms with Gasteiger partial charge in [0.15, 0.2) is 5.96 Å². The maximum Gasteiger partial charge on any atom is 0.243 e. The van der Waals surface area contributed by atoms with Crippen molar-refractivity contribution in [1.82, 2.24) is 15.5 Å². The fourth-order valence-corrected chi connectivity index (χ4v) is 1.75. The van der Waals surface area contributed by atoms with Crippen LogP contribution in [0.1, 0.15) is 19.1 Å². The Morgan fingerprint density at radius 3 is 2.78 bits per heavy atom. The van der Waals surface area contributed by atoms with E-state index < -0.39 is 0 Å². The molecule has 0 aliphatic carbocycles. The third-order valence-electron chi connectivity index (χ3n) is 3.08. The van der Waals surface area contributed by atoms with Crippen LogP contribution in [-0.2, 0) is 16.0 Å². The maximum absolute atomic E-state index is 11.7. The molecule has 2 N–H and O–H groups in total. The normalized spacial score (nSPS) is 11.3. The van der Waals surface area contributed by atoms with Crippen molar-refractivity contribution >= 4 is 11.9 Å². The second-order valence-corrected chi connectivity index (χ2v) is 5.19. The lowest BCUT2D eigenvalue weighted by Crippen LogP contribution is -2.40. The number of furan rings is 1. The number of carbonyl (C=O) groups excluding carboxylic acids is 1. The highest BCUT2D eigenvalue weighted by Gasteiger charge is 2.05. The van der Waals surface area contributed by atoms with E-state index in [9.17, 15) is 4.79 Å². The zero-order valence-electron chi connectivity index (χ0n) is 14.3. The average Bonchev–Trinajstić information content (AvgIpc) is 3.04. The van der Waals surface area contributed by atoms with E-state index in [1.807, 2.05) is 19.1 Å². The summed E-state index contributed by atoms with van der Waals surface area (Å²) in [5.74, 6) is 1.51. The van der Waals surface area contributed by atoms with Gasteiger partial charge in [-0.05, 0) is 25.5 Å². The number of nitrogens with one attached hydrogen (secondary N) is 2. The molecule has 0 fully saturated rings. The van der Waals surface area contributed by atoms with E-state index in [1.165, 1.54) is 4.90 Å². The molecule has 0 saturated heterocycles. The van der Waals surface area contributed by atoms with Gasteiger partial charge in [-0.3, -0.25) is 4.79 Å². The fourth-order valence-electron chi connectivity index (χ4n) is 1.75. The van der Waals surface area contributed by atoms with E-state index in [0.29, 0.717) is 19.1 Å². The molecule has 0 spiro atoms. The minimum Gasteiger partial charge on any atom is -0.469 e. The highest BCUT2D eigenvalue weighted by atomic mass is 16.5. The molecule has 7 nitrogen and oxygen atoms in total. The van der Waals surface area contributed by atoms with Crippen LogP contribution in [-0.4, -0.2) is 63.7 Å². The van der Waals surface area contributed by atoms with Crippen molar-refractivity contribution in [3.05, 3.63) is 24.2 Å². The van der Waals surface area contributed by atoms with Gasteiger partial charge in [0.25, 0.3) is 0 Å². The molecule has 0 aromatic carbocycles. The third kappa shape index (κ3) is 8.87. The Kier molecular flexibility index (Phi) is 9.54. The summed E-state index contributed by atoms with van der Waals surface area (Å²) in [5, 5.41) is 6.42. The van der Waals surface area contributed by atoms with Gasteiger partial charge in [0.2, 0.25) is 5.91 Å². The average molecular weight is 324 g/mol. The molecular formula is C16H28N4O3. The van der Waals surface area contributed by atoms with Crippen molar-refractivity contribution in [1.29, 1.82) is 0 Å². The predicted molar refractivity (Wildman–Crippen MR) is 90.5 cm³/mol. The summed E-state index contributed by atoms with van der Waals surface area (Å²) in [4.78, 5) is 17.5. The minimum atomic E-state index is -0.0357. The first-order chi connectivity index (χ1) is 11.1. The number of aliphatic imine (C=N–C) groups is 1. The summed E-state index contributed by atoms with van der Waals surface area (Å²) in [6.45, 7) is 4.95. The molecule has 0 radical (unpaired) electrons. The summed E-state index contributed by atoms with van der Waals surface area (Å²) in [7, 11) is 3.44. The van der Waals surface area contributed by atoms with Gasteiger partial charge in [0.1, 0.15) is 12.3 Å². The van der Waals surface area contributed by atoms with Crippen molar-refractivity contribution in [3.63, 3.8) is 0 Å². The number of nitrogens with zero attached hydrogens (tertiary/aromatic N) is 2. The van der Waals surface area contributed by atoms with Gasteiger partial charge in [0, 0.05) is 46.8 Å². The number of amides is 1. The van der Waals surface area contributed by atoms with Gasteiger partial charge in [-0.25, -0.2) is 4.99 Å². The highest BCUT2D eigenvalue weighted by molar-refractivity contribution is 5.84. The standard InChI is InChI=1S/C16H28N4O3/c1-4-22-11-6-9-17-16(19-13-15(21)20(2)3)18-10-8-14-7-5-12-23-14/h5,7,12H,4,6,8-11,13H2,1-3H3,(H2,17,18,19). The minimum absolute atomic E-state index is 0.0357. The molecule has 0 aliphatic rings. The van der Waals surface area contributed by atoms with Gasteiger partial charge in [-0.15, -0.1) is 0 Å². The van der Waals surface area contributed by atoms with Crippen LogP contribution in [0.3, 0.4) is 0 Å².